The number of carboxylic acid groups (broad SMARTS) is 1. The Bertz CT molecular complexity index is 438. The molecule has 168 valence electrons. The van der Waals surface area contributed by atoms with E-state index in [0.29, 0.717) is 6.42 Å². The number of aliphatic carboxylic acids is 1. The smallest absolute Gasteiger partial charge is 1.00 e. The van der Waals surface area contributed by atoms with Crippen LogP contribution in [0.15, 0.2) is 0 Å². The molecule has 0 aliphatic rings. The van der Waals surface area contributed by atoms with Crippen molar-refractivity contribution in [3.63, 3.8) is 0 Å². The summed E-state index contributed by atoms with van der Waals surface area (Å²) in [6.07, 6.45) is 16.1. The second-order valence-electron chi connectivity index (χ2n) is 7.60. The van der Waals surface area contributed by atoms with Crippen LogP contribution in [0.3, 0.4) is 0 Å². The average molecular weight is 427 g/mol. The van der Waals surface area contributed by atoms with Gasteiger partial charge in [0.2, 0.25) is 0 Å². The zero-order valence-corrected chi connectivity index (χ0v) is 19.7. The summed E-state index contributed by atoms with van der Waals surface area (Å²) in [5.41, 5.74) is 0. The van der Waals surface area contributed by atoms with Crippen LogP contribution in [0.25, 0.3) is 0 Å². The number of aliphatic hydroxyl groups is 1. The summed E-state index contributed by atoms with van der Waals surface area (Å²) < 4.78 is 4.49. The normalized spacial score (nSPS) is 11.5. The number of esters is 2. The summed E-state index contributed by atoms with van der Waals surface area (Å²) in [5.74, 6) is -3.16. The van der Waals surface area contributed by atoms with Crippen molar-refractivity contribution >= 4 is 41.0 Å². The van der Waals surface area contributed by atoms with Gasteiger partial charge in [0.25, 0.3) is 0 Å². The van der Waals surface area contributed by atoms with E-state index in [1.54, 1.807) is 0 Å². The van der Waals surface area contributed by atoms with Gasteiger partial charge in [-0.15, -0.1) is 0 Å². The molecule has 0 aliphatic carbocycles. The van der Waals surface area contributed by atoms with Crippen LogP contribution in [-0.4, -0.2) is 57.3 Å². The summed E-state index contributed by atoms with van der Waals surface area (Å²) >= 11 is 0. The number of ether oxygens (including phenoxy) is 1. The molecule has 0 radical (unpaired) electrons. The van der Waals surface area contributed by atoms with Crippen molar-refractivity contribution in [1.82, 2.24) is 0 Å². The Hall–Kier alpha value is -0.664. The van der Waals surface area contributed by atoms with Gasteiger partial charge in [0.1, 0.15) is 0 Å². The molecule has 0 aliphatic heterocycles. The SMILES string of the molecule is CCCCCCCCCCCCCCCCCC(=O)OC(=O)CC(O)C(=O)O.[H-].[H-].[Mg+2]. The molecule has 7 heteroatoms. The van der Waals surface area contributed by atoms with Gasteiger partial charge < -0.3 is 17.8 Å². The maximum absolute atomic E-state index is 11.5. The fourth-order valence-corrected chi connectivity index (χ4v) is 3.11. The Morgan fingerprint density at radius 2 is 1.10 bits per heavy atom. The van der Waals surface area contributed by atoms with Gasteiger partial charge in [-0.25, -0.2) is 4.79 Å². The van der Waals surface area contributed by atoms with Crippen molar-refractivity contribution in [3.05, 3.63) is 0 Å². The van der Waals surface area contributed by atoms with Crippen molar-refractivity contribution in [2.24, 2.45) is 0 Å². The van der Waals surface area contributed by atoms with Gasteiger partial charge in [-0.05, 0) is 6.42 Å². The molecule has 0 amide bonds. The second kappa shape index (κ2) is 22.0. The summed E-state index contributed by atoms with van der Waals surface area (Å²) in [5, 5.41) is 17.5. The fraction of sp³-hybridized carbons (Fsp3) is 0.864. The molecule has 0 saturated carbocycles. The number of carbonyl (C=O) groups is 3. The molecule has 0 heterocycles. The van der Waals surface area contributed by atoms with Crippen LogP contribution in [-0.2, 0) is 19.1 Å². The number of aliphatic hydroxyl groups excluding tert-OH is 1. The Kier molecular flexibility index (Phi) is 23.2. The van der Waals surface area contributed by atoms with Gasteiger partial charge in [0.15, 0.2) is 6.10 Å². The van der Waals surface area contributed by atoms with E-state index < -0.39 is 30.4 Å². The Morgan fingerprint density at radius 1 is 0.724 bits per heavy atom. The zero-order chi connectivity index (χ0) is 21.0. The monoisotopic (exact) mass is 426 g/mol. The van der Waals surface area contributed by atoms with Crippen LogP contribution in [0.2, 0.25) is 0 Å². The summed E-state index contributed by atoms with van der Waals surface area (Å²) in [4.78, 5) is 33.1. The average Bonchev–Trinajstić information content (AvgIpc) is 2.64. The number of rotatable bonds is 19. The zero-order valence-electron chi connectivity index (χ0n) is 20.3. The van der Waals surface area contributed by atoms with Crippen LogP contribution in [0.5, 0.6) is 0 Å². The molecule has 0 aromatic heterocycles. The number of carboxylic acids is 1. The first-order chi connectivity index (χ1) is 13.5. The Morgan fingerprint density at radius 3 is 1.48 bits per heavy atom. The van der Waals surface area contributed by atoms with E-state index in [2.05, 4.69) is 11.7 Å². The molecule has 0 saturated heterocycles. The number of hydrogen-bond donors (Lipinski definition) is 2. The van der Waals surface area contributed by atoms with Gasteiger partial charge in [-0.2, -0.15) is 0 Å². The van der Waals surface area contributed by atoms with Gasteiger partial charge in [-0.3, -0.25) is 9.59 Å². The molecule has 0 aromatic carbocycles. The number of hydrogen-bond acceptors (Lipinski definition) is 5. The quantitative estimate of drug-likeness (QED) is 0.130. The Balaban J connectivity index is -0.00000121. The molecular weight excluding hydrogens is 385 g/mol. The first-order valence-electron chi connectivity index (χ1n) is 11.1. The van der Waals surface area contributed by atoms with E-state index in [9.17, 15) is 14.4 Å². The summed E-state index contributed by atoms with van der Waals surface area (Å²) in [6, 6.07) is 0. The van der Waals surface area contributed by atoms with E-state index in [4.69, 9.17) is 10.2 Å². The van der Waals surface area contributed by atoms with Crippen LogP contribution in [0, 0.1) is 0 Å². The molecule has 6 nitrogen and oxygen atoms in total. The third kappa shape index (κ3) is 21.9. The van der Waals surface area contributed by atoms with Crippen molar-refractivity contribution in [2.75, 3.05) is 0 Å². The second-order valence-corrected chi connectivity index (χ2v) is 7.60. The van der Waals surface area contributed by atoms with Gasteiger partial charge in [0, 0.05) is 6.42 Å². The predicted octanol–water partition coefficient (Wildman–Crippen LogP) is 5.00. The first kappa shape index (κ1) is 30.5. The van der Waals surface area contributed by atoms with Crippen molar-refractivity contribution in [3.8, 4) is 0 Å². The van der Waals surface area contributed by atoms with Gasteiger partial charge in [0.05, 0.1) is 6.42 Å². The maximum atomic E-state index is 11.5. The van der Waals surface area contributed by atoms with Crippen molar-refractivity contribution in [2.45, 2.75) is 122 Å². The molecule has 0 aromatic rings. The van der Waals surface area contributed by atoms with Crippen molar-refractivity contribution < 1.29 is 32.2 Å². The third-order valence-electron chi connectivity index (χ3n) is 4.86. The molecule has 0 rings (SSSR count). The van der Waals surface area contributed by atoms with Crippen molar-refractivity contribution in [1.29, 1.82) is 0 Å². The Labute approximate surface area is 195 Å². The molecule has 2 N–H and O–H groups in total. The summed E-state index contributed by atoms with van der Waals surface area (Å²) in [7, 11) is 0. The van der Waals surface area contributed by atoms with Crippen LogP contribution in [0.4, 0.5) is 0 Å². The summed E-state index contributed by atoms with van der Waals surface area (Å²) in [6.45, 7) is 2.25. The van der Waals surface area contributed by atoms with Crippen LogP contribution >= 0.6 is 0 Å². The third-order valence-corrected chi connectivity index (χ3v) is 4.86. The molecule has 1 atom stereocenters. The van der Waals surface area contributed by atoms with Crippen LogP contribution < -0.4 is 0 Å². The molecular formula is C22H42MgO6. The molecule has 1 unspecified atom stereocenters. The number of carbonyl (C=O) groups excluding carboxylic acids is 2. The largest absolute Gasteiger partial charge is 2.00 e. The standard InChI is InChI=1S/C22H40O6.Mg.2H/c1-2-3-4-5-6-7-8-9-10-11-12-13-14-15-16-17-20(24)28-21(25)18-19(23)22(26)27;;;/h19,23H,2-18H2,1H3,(H,26,27);;;/q;+2;2*-1. The van der Waals surface area contributed by atoms with E-state index in [1.165, 1.54) is 70.6 Å². The molecule has 0 spiro atoms. The van der Waals surface area contributed by atoms with E-state index in [0.717, 1.165) is 19.3 Å². The molecule has 0 fully saturated rings. The van der Waals surface area contributed by atoms with Gasteiger partial charge in [-0.1, -0.05) is 96.8 Å². The van der Waals surface area contributed by atoms with Crippen LogP contribution in [0.1, 0.15) is 119 Å². The van der Waals surface area contributed by atoms with E-state index in [-0.39, 0.29) is 32.3 Å². The minimum Gasteiger partial charge on any atom is -1.00 e. The predicted molar refractivity (Wildman–Crippen MR) is 117 cm³/mol. The minimum absolute atomic E-state index is 0. The minimum atomic E-state index is -1.83. The molecule has 0 bridgehead atoms. The fourth-order valence-electron chi connectivity index (χ4n) is 3.11. The molecule has 29 heavy (non-hydrogen) atoms. The van der Waals surface area contributed by atoms with E-state index >= 15 is 0 Å². The van der Waals surface area contributed by atoms with Gasteiger partial charge >= 0.3 is 41.0 Å². The maximum Gasteiger partial charge on any atom is 2.00 e. The number of unbranched alkanes of at least 4 members (excludes halogenated alkanes) is 14. The first-order valence-corrected chi connectivity index (χ1v) is 11.1. The topological polar surface area (TPSA) is 101 Å². The van der Waals surface area contributed by atoms with E-state index in [1.807, 2.05) is 0 Å².